The van der Waals surface area contributed by atoms with Crippen molar-refractivity contribution >= 4 is 29.1 Å². The van der Waals surface area contributed by atoms with E-state index in [1.54, 1.807) is 0 Å². The summed E-state index contributed by atoms with van der Waals surface area (Å²) in [5, 5.41) is 6.09. The van der Waals surface area contributed by atoms with Crippen LogP contribution < -0.4 is 10.6 Å². The molecule has 0 saturated heterocycles. The SMILES string of the molecule is CC(=O)NCCCCCC(=O)Nc1ccc(C)cc1Cl. The first-order chi connectivity index (χ1) is 9.49. The molecule has 1 aromatic rings. The van der Waals surface area contributed by atoms with Crippen molar-refractivity contribution in [3.05, 3.63) is 28.8 Å². The highest BCUT2D eigenvalue weighted by atomic mass is 35.5. The highest BCUT2D eigenvalue weighted by Gasteiger charge is 2.05. The minimum absolute atomic E-state index is 0.0169. The summed E-state index contributed by atoms with van der Waals surface area (Å²) in [5.41, 5.74) is 1.71. The summed E-state index contributed by atoms with van der Waals surface area (Å²) in [4.78, 5) is 22.4. The third-order valence-corrected chi connectivity index (χ3v) is 3.17. The summed E-state index contributed by atoms with van der Waals surface area (Å²) in [6.45, 7) is 4.12. The molecule has 4 nitrogen and oxygen atoms in total. The van der Waals surface area contributed by atoms with Gasteiger partial charge in [0.1, 0.15) is 0 Å². The number of hydrogen-bond donors (Lipinski definition) is 2. The third-order valence-electron chi connectivity index (χ3n) is 2.85. The van der Waals surface area contributed by atoms with Gasteiger partial charge in [0.2, 0.25) is 11.8 Å². The fourth-order valence-electron chi connectivity index (χ4n) is 1.79. The van der Waals surface area contributed by atoms with Crippen molar-refractivity contribution in [3.8, 4) is 0 Å². The Morgan fingerprint density at radius 2 is 1.95 bits per heavy atom. The summed E-state index contributed by atoms with van der Waals surface area (Å²) < 4.78 is 0. The van der Waals surface area contributed by atoms with Gasteiger partial charge in [-0.2, -0.15) is 0 Å². The zero-order valence-electron chi connectivity index (χ0n) is 12.0. The molecule has 0 heterocycles. The van der Waals surface area contributed by atoms with Crippen LogP contribution in [-0.2, 0) is 9.59 Å². The molecule has 0 aromatic heterocycles. The van der Waals surface area contributed by atoms with Crippen molar-refractivity contribution in [2.75, 3.05) is 11.9 Å². The van der Waals surface area contributed by atoms with Gasteiger partial charge in [0, 0.05) is 19.9 Å². The van der Waals surface area contributed by atoms with E-state index >= 15 is 0 Å². The van der Waals surface area contributed by atoms with Crippen molar-refractivity contribution in [1.82, 2.24) is 5.32 Å². The van der Waals surface area contributed by atoms with Gasteiger partial charge in [0.05, 0.1) is 10.7 Å². The number of aryl methyl sites for hydroxylation is 1. The average Bonchev–Trinajstić information content (AvgIpc) is 2.36. The first-order valence-corrected chi connectivity index (χ1v) is 7.17. The smallest absolute Gasteiger partial charge is 0.224 e. The Labute approximate surface area is 124 Å². The van der Waals surface area contributed by atoms with Gasteiger partial charge in [-0.15, -0.1) is 0 Å². The van der Waals surface area contributed by atoms with E-state index < -0.39 is 0 Å². The number of amides is 2. The Hall–Kier alpha value is -1.55. The minimum Gasteiger partial charge on any atom is -0.356 e. The first-order valence-electron chi connectivity index (χ1n) is 6.79. The second-order valence-electron chi connectivity index (χ2n) is 4.83. The van der Waals surface area contributed by atoms with E-state index in [0.29, 0.717) is 23.7 Å². The predicted molar refractivity (Wildman–Crippen MR) is 82.0 cm³/mol. The highest BCUT2D eigenvalue weighted by Crippen LogP contribution is 2.22. The Kier molecular flexibility index (Phi) is 7.09. The van der Waals surface area contributed by atoms with E-state index in [2.05, 4.69) is 10.6 Å². The van der Waals surface area contributed by atoms with Crippen LogP contribution in [0, 0.1) is 6.92 Å². The van der Waals surface area contributed by atoms with Crippen LogP contribution in [-0.4, -0.2) is 18.4 Å². The fourth-order valence-corrected chi connectivity index (χ4v) is 2.07. The molecule has 0 aliphatic heterocycles. The molecule has 0 bridgehead atoms. The van der Waals surface area contributed by atoms with Gasteiger partial charge in [-0.05, 0) is 37.5 Å². The highest BCUT2D eigenvalue weighted by molar-refractivity contribution is 6.33. The number of unbranched alkanes of at least 4 members (excludes halogenated alkanes) is 2. The van der Waals surface area contributed by atoms with Gasteiger partial charge in [-0.25, -0.2) is 0 Å². The maximum Gasteiger partial charge on any atom is 0.224 e. The van der Waals surface area contributed by atoms with Crippen LogP contribution in [0.1, 0.15) is 38.2 Å². The summed E-state index contributed by atoms with van der Waals surface area (Å²) >= 11 is 6.05. The third kappa shape index (κ3) is 6.57. The van der Waals surface area contributed by atoms with Crippen LogP contribution >= 0.6 is 11.6 Å². The summed E-state index contributed by atoms with van der Waals surface area (Å²) in [7, 11) is 0. The van der Waals surface area contributed by atoms with Crippen molar-refractivity contribution in [3.63, 3.8) is 0 Å². The topological polar surface area (TPSA) is 58.2 Å². The van der Waals surface area contributed by atoms with Gasteiger partial charge in [0.25, 0.3) is 0 Å². The Balaban J connectivity index is 2.22. The average molecular weight is 297 g/mol. The summed E-state index contributed by atoms with van der Waals surface area (Å²) in [6.07, 6.45) is 3.06. The van der Waals surface area contributed by atoms with Crippen LogP contribution in [0.5, 0.6) is 0 Å². The summed E-state index contributed by atoms with van der Waals surface area (Å²) in [6, 6.07) is 5.55. The molecule has 0 radical (unpaired) electrons. The van der Waals surface area contributed by atoms with Crippen LogP contribution in [0.3, 0.4) is 0 Å². The number of hydrogen-bond acceptors (Lipinski definition) is 2. The van der Waals surface area contributed by atoms with Crippen molar-refractivity contribution in [1.29, 1.82) is 0 Å². The van der Waals surface area contributed by atoms with E-state index in [4.69, 9.17) is 11.6 Å². The molecule has 2 N–H and O–H groups in total. The Morgan fingerprint density at radius 3 is 2.60 bits per heavy atom. The zero-order chi connectivity index (χ0) is 15.0. The molecule has 0 atom stereocenters. The van der Waals surface area contributed by atoms with Gasteiger partial charge in [-0.1, -0.05) is 24.1 Å². The lowest BCUT2D eigenvalue weighted by molar-refractivity contribution is -0.119. The largest absolute Gasteiger partial charge is 0.356 e. The Bertz CT molecular complexity index is 475. The number of rotatable bonds is 7. The molecule has 20 heavy (non-hydrogen) atoms. The molecule has 0 aliphatic carbocycles. The molecular formula is C15H21ClN2O2. The molecule has 0 aliphatic rings. The molecule has 0 fully saturated rings. The van der Waals surface area contributed by atoms with E-state index in [1.165, 1.54) is 6.92 Å². The molecule has 110 valence electrons. The van der Waals surface area contributed by atoms with Crippen LogP contribution in [0.2, 0.25) is 5.02 Å². The monoisotopic (exact) mass is 296 g/mol. The molecule has 0 spiro atoms. The number of carbonyl (C=O) groups is 2. The second-order valence-corrected chi connectivity index (χ2v) is 5.23. The van der Waals surface area contributed by atoms with E-state index in [0.717, 1.165) is 24.8 Å². The number of halogens is 1. The molecular weight excluding hydrogens is 276 g/mol. The maximum atomic E-state index is 11.8. The number of carbonyl (C=O) groups excluding carboxylic acids is 2. The second kappa shape index (κ2) is 8.59. The lowest BCUT2D eigenvalue weighted by Gasteiger charge is -2.08. The molecule has 2 amide bonds. The maximum absolute atomic E-state index is 11.8. The summed E-state index contributed by atoms with van der Waals surface area (Å²) in [5.74, 6) is -0.0490. The molecule has 1 aromatic carbocycles. The number of nitrogens with one attached hydrogen (secondary N) is 2. The van der Waals surface area contributed by atoms with E-state index in [1.807, 2.05) is 25.1 Å². The van der Waals surface area contributed by atoms with Crippen molar-refractivity contribution < 1.29 is 9.59 Å². The Morgan fingerprint density at radius 1 is 1.20 bits per heavy atom. The van der Waals surface area contributed by atoms with E-state index in [-0.39, 0.29) is 11.8 Å². The van der Waals surface area contributed by atoms with Crippen molar-refractivity contribution in [2.45, 2.75) is 39.5 Å². The fraction of sp³-hybridized carbons (Fsp3) is 0.467. The molecule has 0 saturated carbocycles. The number of anilines is 1. The van der Waals surface area contributed by atoms with Crippen LogP contribution in [0.25, 0.3) is 0 Å². The standard InChI is InChI=1S/C15H21ClN2O2/c1-11-7-8-14(13(16)10-11)18-15(20)6-4-3-5-9-17-12(2)19/h7-8,10H,3-6,9H2,1-2H3,(H,17,19)(H,18,20). The van der Waals surface area contributed by atoms with Crippen LogP contribution in [0.15, 0.2) is 18.2 Å². The van der Waals surface area contributed by atoms with Gasteiger partial charge < -0.3 is 10.6 Å². The first kappa shape index (κ1) is 16.5. The normalized spacial score (nSPS) is 10.2. The van der Waals surface area contributed by atoms with Gasteiger partial charge in [-0.3, -0.25) is 9.59 Å². The van der Waals surface area contributed by atoms with Gasteiger partial charge >= 0.3 is 0 Å². The zero-order valence-corrected chi connectivity index (χ0v) is 12.7. The number of benzene rings is 1. The van der Waals surface area contributed by atoms with E-state index in [9.17, 15) is 9.59 Å². The van der Waals surface area contributed by atoms with Crippen LogP contribution in [0.4, 0.5) is 5.69 Å². The molecule has 0 unspecified atom stereocenters. The van der Waals surface area contributed by atoms with Gasteiger partial charge in [0.15, 0.2) is 0 Å². The van der Waals surface area contributed by atoms with Crippen molar-refractivity contribution in [2.24, 2.45) is 0 Å². The molecule has 1 rings (SSSR count). The minimum atomic E-state index is -0.0321. The quantitative estimate of drug-likeness (QED) is 0.759. The molecule has 5 heteroatoms. The lowest BCUT2D eigenvalue weighted by Crippen LogP contribution is -2.20. The lowest BCUT2D eigenvalue weighted by atomic mass is 10.1. The predicted octanol–water partition coefficient (Wildman–Crippen LogP) is 3.28.